The van der Waals surface area contributed by atoms with E-state index in [-0.39, 0.29) is 25.6 Å². The second kappa shape index (κ2) is 13.6. The average molecular weight is 682 g/mol. The number of methoxy groups -OCH3 is 1. The maximum Gasteiger partial charge on any atom is 0.330 e. The Labute approximate surface area is 273 Å². The minimum Gasteiger partial charge on any atom is -0.466 e. The lowest BCUT2D eigenvalue weighted by molar-refractivity contribution is -0.134. The lowest BCUT2D eigenvalue weighted by Gasteiger charge is -2.30. The number of carbonyl (C=O) groups is 1. The zero-order valence-electron chi connectivity index (χ0n) is 23.5. The van der Waals surface area contributed by atoms with Crippen LogP contribution in [0.3, 0.4) is 0 Å². The van der Waals surface area contributed by atoms with Crippen LogP contribution in [0.5, 0.6) is 0 Å². The first kappa shape index (κ1) is 32.5. The number of carbonyl (C=O) groups excluding carboxylic acids is 1. The number of benzene rings is 2. The van der Waals surface area contributed by atoms with Crippen molar-refractivity contribution in [3.05, 3.63) is 91.8 Å². The van der Waals surface area contributed by atoms with E-state index in [0.717, 1.165) is 5.56 Å². The quantitative estimate of drug-likeness (QED) is 0.147. The molecule has 4 aromatic rings. The van der Waals surface area contributed by atoms with Gasteiger partial charge in [0.25, 0.3) is 0 Å². The van der Waals surface area contributed by atoms with Crippen molar-refractivity contribution >= 4 is 75.3 Å². The van der Waals surface area contributed by atoms with Crippen LogP contribution in [0.4, 0.5) is 5.82 Å². The number of aliphatic hydroxyl groups is 1. The van der Waals surface area contributed by atoms with Gasteiger partial charge in [0.05, 0.1) is 32.3 Å². The van der Waals surface area contributed by atoms with E-state index in [1.165, 1.54) is 25.6 Å². The van der Waals surface area contributed by atoms with E-state index in [4.69, 9.17) is 71.1 Å². The molecule has 44 heavy (non-hydrogen) atoms. The minimum absolute atomic E-state index is 0.0377. The summed E-state index contributed by atoms with van der Waals surface area (Å²) in [5.41, 5.74) is 6.88. The summed E-state index contributed by atoms with van der Waals surface area (Å²) in [4.78, 5) is 20.3. The number of nitrogens with two attached hydrogens (primary N) is 1. The molecule has 3 N–H and O–H groups in total. The lowest BCUT2D eigenvalue weighted by atomic mass is 9.96. The second-order valence-electron chi connectivity index (χ2n) is 10.3. The molecule has 1 aliphatic heterocycles. The Balaban J connectivity index is 1.47. The molecular formula is C30H28Cl4N4O6. The van der Waals surface area contributed by atoms with Crippen LogP contribution in [0.25, 0.3) is 17.1 Å². The zero-order chi connectivity index (χ0) is 31.6. The third-order valence-electron chi connectivity index (χ3n) is 7.23. The molecule has 4 atom stereocenters. The van der Waals surface area contributed by atoms with Gasteiger partial charge >= 0.3 is 5.97 Å². The fraction of sp³-hybridized carbons (Fsp3) is 0.300. The number of hydrogen-bond donors (Lipinski definition) is 2. The van der Waals surface area contributed by atoms with E-state index in [1.54, 1.807) is 54.1 Å². The molecule has 0 saturated carbocycles. The van der Waals surface area contributed by atoms with Crippen molar-refractivity contribution in [1.82, 2.24) is 14.5 Å². The maximum absolute atomic E-state index is 12.0. The standard InChI is InChI=1S/C30H28Cl4N4O6/c1-30(40)26(43-13-18-4-7-20(32)10-22(18)34)23(14-42-12-17-3-6-19(31)9-21(17)33)44-29(30)38-11-16(5-8-24(39)41-2)25-27(35)36-15-37-28(25)38/h3-11,15,23,26,29,40H,12-14H2,1-2H3,(H2,35,36,37)/b8-5+/t23-,26-,29-,30-/m1/s1. The van der Waals surface area contributed by atoms with Gasteiger partial charge in [-0.15, -0.1) is 0 Å². The first-order chi connectivity index (χ1) is 21.0. The van der Waals surface area contributed by atoms with E-state index in [2.05, 4.69) is 9.97 Å². The van der Waals surface area contributed by atoms with Gasteiger partial charge in [-0.1, -0.05) is 58.5 Å². The lowest BCUT2D eigenvalue weighted by Crippen LogP contribution is -2.46. The topological polar surface area (TPSA) is 131 Å². The van der Waals surface area contributed by atoms with Crippen LogP contribution in [0.2, 0.25) is 20.1 Å². The van der Waals surface area contributed by atoms with Crippen LogP contribution < -0.4 is 5.73 Å². The van der Waals surface area contributed by atoms with E-state index in [9.17, 15) is 9.90 Å². The van der Waals surface area contributed by atoms with Gasteiger partial charge < -0.3 is 34.4 Å². The molecule has 0 spiro atoms. The summed E-state index contributed by atoms with van der Waals surface area (Å²) >= 11 is 24.8. The summed E-state index contributed by atoms with van der Waals surface area (Å²) in [7, 11) is 1.28. The molecule has 1 saturated heterocycles. The number of esters is 1. The Morgan fingerprint density at radius 1 is 1.09 bits per heavy atom. The number of rotatable bonds is 10. The third-order valence-corrected chi connectivity index (χ3v) is 8.40. The summed E-state index contributed by atoms with van der Waals surface area (Å²) in [5.74, 6) is -0.376. The van der Waals surface area contributed by atoms with Crippen LogP contribution in [-0.2, 0) is 37.0 Å². The van der Waals surface area contributed by atoms with Gasteiger partial charge in [-0.05, 0) is 48.4 Å². The molecule has 0 aliphatic carbocycles. The molecule has 2 aromatic heterocycles. The SMILES string of the molecule is COC(=O)/C=C/c1cn([C@@H]2O[C@H](COCc3ccc(Cl)cc3Cl)[C@@H](OCc3ccc(Cl)cc3Cl)[C@@]2(C)O)c2ncnc(N)c12. The van der Waals surface area contributed by atoms with Crippen LogP contribution in [0.15, 0.2) is 55.0 Å². The molecule has 0 amide bonds. The molecular weight excluding hydrogens is 654 g/mol. The van der Waals surface area contributed by atoms with Gasteiger partial charge in [0.1, 0.15) is 35.6 Å². The van der Waals surface area contributed by atoms with Gasteiger partial charge in [0, 0.05) is 37.9 Å². The van der Waals surface area contributed by atoms with Crippen LogP contribution in [0.1, 0.15) is 29.8 Å². The van der Waals surface area contributed by atoms with E-state index < -0.39 is 30.0 Å². The fourth-order valence-corrected chi connectivity index (χ4v) is 5.98. The Morgan fingerprint density at radius 2 is 1.75 bits per heavy atom. The molecule has 10 nitrogen and oxygen atoms in total. The summed E-state index contributed by atoms with van der Waals surface area (Å²) in [6.07, 6.45) is 3.08. The molecule has 2 aromatic carbocycles. The van der Waals surface area contributed by atoms with E-state index in [0.29, 0.717) is 42.3 Å². The average Bonchev–Trinajstić information content (AvgIpc) is 3.46. The van der Waals surface area contributed by atoms with Gasteiger partial charge in [0.15, 0.2) is 6.23 Å². The van der Waals surface area contributed by atoms with Crippen molar-refractivity contribution in [2.45, 2.75) is 44.2 Å². The fourth-order valence-electron chi connectivity index (χ4n) is 5.05. The van der Waals surface area contributed by atoms with Gasteiger partial charge in [-0.25, -0.2) is 14.8 Å². The number of ether oxygens (including phenoxy) is 4. The van der Waals surface area contributed by atoms with Crippen molar-refractivity contribution in [1.29, 1.82) is 0 Å². The highest BCUT2D eigenvalue weighted by atomic mass is 35.5. The van der Waals surface area contributed by atoms with Gasteiger partial charge in [-0.2, -0.15) is 0 Å². The highest BCUT2D eigenvalue weighted by Crippen LogP contribution is 2.43. The summed E-state index contributed by atoms with van der Waals surface area (Å²) in [6, 6.07) is 10.2. The van der Waals surface area contributed by atoms with Crippen molar-refractivity contribution in [2.75, 3.05) is 19.5 Å². The largest absolute Gasteiger partial charge is 0.466 e. The minimum atomic E-state index is -1.63. The Bertz CT molecular complexity index is 1710. The summed E-state index contributed by atoms with van der Waals surface area (Å²) < 4.78 is 25.1. The third kappa shape index (κ3) is 6.83. The van der Waals surface area contributed by atoms with Crippen molar-refractivity contribution in [2.24, 2.45) is 0 Å². The van der Waals surface area contributed by atoms with Gasteiger partial charge in [0.2, 0.25) is 0 Å². The van der Waals surface area contributed by atoms with Crippen molar-refractivity contribution < 1.29 is 28.8 Å². The normalized spacial score (nSPS) is 21.8. The van der Waals surface area contributed by atoms with Crippen LogP contribution in [0, 0.1) is 0 Å². The Hall–Kier alpha value is -2.93. The first-order valence-electron chi connectivity index (χ1n) is 13.3. The monoisotopic (exact) mass is 680 g/mol. The number of aromatic nitrogens is 3. The first-order valence-corrected chi connectivity index (χ1v) is 14.8. The maximum atomic E-state index is 12.0. The van der Waals surface area contributed by atoms with E-state index >= 15 is 0 Å². The predicted octanol–water partition coefficient (Wildman–Crippen LogP) is 6.26. The molecule has 0 radical (unpaired) electrons. The zero-order valence-corrected chi connectivity index (χ0v) is 26.6. The Kier molecular flexibility index (Phi) is 10.0. The highest BCUT2D eigenvalue weighted by molar-refractivity contribution is 6.35. The van der Waals surface area contributed by atoms with Crippen molar-refractivity contribution in [3.8, 4) is 0 Å². The number of fused-ring (bicyclic) bond motifs is 1. The molecule has 14 heteroatoms. The molecule has 1 fully saturated rings. The molecule has 3 heterocycles. The molecule has 232 valence electrons. The predicted molar refractivity (Wildman–Crippen MR) is 169 cm³/mol. The second-order valence-corrected chi connectivity index (χ2v) is 12.0. The highest BCUT2D eigenvalue weighted by Gasteiger charge is 2.55. The number of anilines is 1. The van der Waals surface area contributed by atoms with Crippen LogP contribution in [-0.4, -0.2) is 57.1 Å². The molecule has 5 rings (SSSR count). The summed E-state index contributed by atoms with van der Waals surface area (Å²) in [6.45, 7) is 1.86. The summed E-state index contributed by atoms with van der Waals surface area (Å²) in [5, 5.41) is 14.4. The molecule has 1 aliphatic rings. The number of halogens is 4. The van der Waals surface area contributed by atoms with Crippen molar-refractivity contribution in [3.63, 3.8) is 0 Å². The number of nitrogens with zero attached hydrogens (tertiary/aromatic N) is 3. The van der Waals surface area contributed by atoms with Gasteiger partial charge in [-0.3, -0.25) is 0 Å². The molecule has 0 unspecified atom stereocenters. The number of hydrogen-bond acceptors (Lipinski definition) is 9. The van der Waals surface area contributed by atoms with Crippen LogP contribution >= 0.6 is 46.4 Å². The smallest absolute Gasteiger partial charge is 0.330 e. The van der Waals surface area contributed by atoms with E-state index in [1.807, 2.05) is 0 Å². The number of nitrogen functional groups attached to an aromatic ring is 1. The Morgan fingerprint density at radius 3 is 2.39 bits per heavy atom. The molecule has 0 bridgehead atoms.